The average molecular weight is 776 g/mol. The van der Waals surface area contributed by atoms with E-state index in [4.69, 9.17) is 16.3 Å². The molecule has 1 aliphatic carbocycles. The van der Waals surface area contributed by atoms with Crippen LogP contribution in [0.15, 0.2) is 200 Å². The van der Waals surface area contributed by atoms with E-state index >= 15 is 0 Å². The molecule has 13 rings (SSSR count). The molecular weight excluding hydrogens is 743 g/mol. The first-order chi connectivity index (χ1) is 30.2. The largest absolute Gasteiger partial charge is 0.457 e. The molecule has 0 unspecified atom stereocenters. The highest BCUT2D eigenvalue weighted by atomic mass is 16.5. The standard InChI is InChI=1S/C57H33N3O/c1-58-38-26-32-51-44(34-38)40-15-6-10-20-50(40)60(51)39-27-23-35(24-28-39)37-25-29-42-49(33-37)59-56(36-13-3-2-4-14-36)43-30-31-48-55(54(42)43)41-16-5-7-17-45(41)57(48)46-18-8-11-21-52(46)61-53-22-12-9-19-47(53)57/h2-34H. The van der Waals surface area contributed by atoms with Gasteiger partial charge in [-0.2, -0.15) is 0 Å². The average Bonchev–Trinajstić information content (AvgIpc) is 3.82. The van der Waals surface area contributed by atoms with Crippen molar-refractivity contribution in [3.05, 3.63) is 234 Å². The molecule has 61 heavy (non-hydrogen) atoms. The van der Waals surface area contributed by atoms with Crippen LogP contribution in [0.2, 0.25) is 0 Å². The van der Waals surface area contributed by atoms with Gasteiger partial charge in [-0.05, 0) is 87.3 Å². The third kappa shape index (κ3) is 4.60. The van der Waals surface area contributed by atoms with Gasteiger partial charge in [0.15, 0.2) is 5.69 Å². The Morgan fingerprint density at radius 3 is 1.92 bits per heavy atom. The Morgan fingerprint density at radius 1 is 0.475 bits per heavy atom. The predicted octanol–water partition coefficient (Wildman–Crippen LogP) is 14.8. The number of pyridine rings is 1. The van der Waals surface area contributed by atoms with Gasteiger partial charge in [0.05, 0.1) is 34.2 Å². The first kappa shape index (κ1) is 33.7. The smallest absolute Gasteiger partial charge is 0.188 e. The topological polar surface area (TPSA) is 31.4 Å². The Kier molecular flexibility index (Phi) is 6.97. The van der Waals surface area contributed by atoms with Crippen molar-refractivity contribution in [1.82, 2.24) is 9.55 Å². The van der Waals surface area contributed by atoms with Gasteiger partial charge in [0, 0.05) is 43.9 Å². The second kappa shape index (κ2) is 12.6. The third-order valence-electron chi connectivity index (χ3n) is 13.1. The zero-order chi connectivity index (χ0) is 40.2. The minimum Gasteiger partial charge on any atom is -0.457 e. The molecule has 9 aromatic carbocycles. The Labute approximate surface area is 352 Å². The van der Waals surface area contributed by atoms with Crippen LogP contribution in [0.3, 0.4) is 0 Å². The number of rotatable bonds is 3. The lowest BCUT2D eigenvalue weighted by Crippen LogP contribution is -2.32. The molecule has 0 saturated heterocycles. The zero-order valence-corrected chi connectivity index (χ0v) is 32.8. The molecule has 0 fully saturated rings. The van der Waals surface area contributed by atoms with E-state index in [1.807, 2.05) is 12.1 Å². The molecule has 4 heteroatoms. The fourth-order valence-corrected chi connectivity index (χ4v) is 10.5. The number of benzene rings is 9. The van der Waals surface area contributed by atoms with E-state index in [1.54, 1.807) is 0 Å². The normalized spacial score (nSPS) is 13.2. The number of aromatic nitrogens is 2. The van der Waals surface area contributed by atoms with Crippen molar-refractivity contribution in [2.24, 2.45) is 0 Å². The van der Waals surface area contributed by atoms with Gasteiger partial charge in [0.2, 0.25) is 0 Å². The molecule has 282 valence electrons. The van der Waals surface area contributed by atoms with Gasteiger partial charge in [-0.1, -0.05) is 152 Å². The Balaban J connectivity index is 1.04. The number of nitrogens with zero attached hydrogens (tertiary/aromatic N) is 3. The number of para-hydroxylation sites is 3. The highest BCUT2D eigenvalue weighted by Gasteiger charge is 2.51. The molecule has 0 amide bonds. The van der Waals surface area contributed by atoms with E-state index in [2.05, 4.69) is 197 Å². The summed E-state index contributed by atoms with van der Waals surface area (Å²) in [6.45, 7) is 7.61. The maximum atomic E-state index is 7.61. The summed E-state index contributed by atoms with van der Waals surface area (Å²) in [4.78, 5) is 9.22. The summed E-state index contributed by atoms with van der Waals surface area (Å²) >= 11 is 0. The lowest BCUT2D eigenvalue weighted by molar-refractivity contribution is 0.436. The van der Waals surface area contributed by atoms with Crippen LogP contribution in [0, 0.1) is 6.57 Å². The van der Waals surface area contributed by atoms with E-state index in [1.165, 1.54) is 27.6 Å². The van der Waals surface area contributed by atoms with Gasteiger partial charge >= 0.3 is 0 Å². The van der Waals surface area contributed by atoms with E-state index in [0.29, 0.717) is 5.69 Å². The Bertz CT molecular complexity index is 3640. The second-order valence-corrected chi connectivity index (χ2v) is 16.1. The van der Waals surface area contributed by atoms with Crippen LogP contribution in [0.1, 0.15) is 22.3 Å². The zero-order valence-electron chi connectivity index (χ0n) is 32.8. The van der Waals surface area contributed by atoms with Crippen LogP contribution < -0.4 is 4.74 Å². The summed E-state index contributed by atoms with van der Waals surface area (Å²) in [7, 11) is 0. The minimum absolute atomic E-state index is 0.564. The maximum absolute atomic E-state index is 7.61. The highest BCUT2D eigenvalue weighted by Crippen LogP contribution is 2.63. The van der Waals surface area contributed by atoms with Crippen molar-refractivity contribution < 1.29 is 4.74 Å². The van der Waals surface area contributed by atoms with Crippen LogP contribution in [0.5, 0.6) is 11.5 Å². The van der Waals surface area contributed by atoms with Crippen molar-refractivity contribution >= 4 is 49.2 Å². The van der Waals surface area contributed by atoms with Gasteiger partial charge in [0.25, 0.3) is 0 Å². The van der Waals surface area contributed by atoms with Crippen molar-refractivity contribution in [1.29, 1.82) is 0 Å². The highest BCUT2D eigenvalue weighted by molar-refractivity contribution is 6.20. The fraction of sp³-hybridized carbons (Fsp3) is 0.0175. The van der Waals surface area contributed by atoms with E-state index in [9.17, 15) is 0 Å². The van der Waals surface area contributed by atoms with Crippen LogP contribution in [-0.2, 0) is 5.41 Å². The third-order valence-corrected chi connectivity index (χ3v) is 13.1. The first-order valence-electron chi connectivity index (χ1n) is 20.7. The monoisotopic (exact) mass is 775 g/mol. The fourth-order valence-electron chi connectivity index (χ4n) is 10.5. The molecule has 4 nitrogen and oxygen atoms in total. The summed E-state index contributed by atoms with van der Waals surface area (Å²) in [5, 5.41) is 5.68. The Morgan fingerprint density at radius 2 is 1.13 bits per heavy atom. The van der Waals surface area contributed by atoms with Gasteiger partial charge in [-0.15, -0.1) is 0 Å². The van der Waals surface area contributed by atoms with Crippen molar-refractivity contribution in [2.45, 2.75) is 5.41 Å². The molecule has 0 radical (unpaired) electrons. The molecule has 11 aromatic rings. The Hall–Kier alpha value is -8.26. The molecule has 1 aliphatic heterocycles. The van der Waals surface area contributed by atoms with Gasteiger partial charge in [-0.25, -0.2) is 9.83 Å². The molecule has 2 aromatic heterocycles. The molecule has 2 aliphatic rings. The van der Waals surface area contributed by atoms with E-state index in [-0.39, 0.29) is 0 Å². The van der Waals surface area contributed by atoms with E-state index < -0.39 is 5.41 Å². The first-order valence-corrected chi connectivity index (χ1v) is 20.7. The number of hydrogen-bond donors (Lipinski definition) is 0. The molecule has 3 heterocycles. The van der Waals surface area contributed by atoms with Gasteiger partial charge < -0.3 is 9.30 Å². The minimum atomic E-state index is -0.564. The van der Waals surface area contributed by atoms with Crippen LogP contribution in [0.4, 0.5) is 5.69 Å². The van der Waals surface area contributed by atoms with Crippen LogP contribution >= 0.6 is 0 Å². The molecule has 1 spiro atoms. The summed E-state index contributed by atoms with van der Waals surface area (Å²) in [6.07, 6.45) is 0. The SMILES string of the molecule is [C-]#[N+]c1ccc2c(c1)c1ccccc1n2-c1ccc(-c2ccc3c(c2)nc(-c2ccccc2)c2ccc4c(c23)-c2ccccc2C42c3ccccc3Oc3ccccc32)cc1. The molecule has 0 N–H and O–H groups in total. The van der Waals surface area contributed by atoms with Crippen LogP contribution in [-0.4, -0.2) is 9.55 Å². The van der Waals surface area contributed by atoms with Crippen molar-refractivity contribution in [3.8, 4) is 50.7 Å². The quantitative estimate of drug-likeness (QED) is 0.132. The number of hydrogen-bond acceptors (Lipinski definition) is 2. The van der Waals surface area contributed by atoms with Gasteiger partial charge in [0.1, 0.15) is 11.5 Å². The van der Waals surface area contributed by atoms with Crippen molar-refractivity contribution in [3.63, 3.8) is 0 Å². The molecular formula is C57H33N3O. The predicted molar refractivity (Wildman–Crippen MR) is 248 cm³/mol. The number of ether oxygens (including phenoxy) is 1. The molecule has 0 atom stereocenters. The summed E-state index contributed by atoms with van der Waals surface area (Å²) in [5.41, 5.74) is 15.9. The lowest BCUT2D eigenvalue weighted by atomic mass is 9.66. The second-order valence-electron chi connectivity index (χ2n) is 16.1. The van der Waals surface area contributed by atoms with Crippen LogP contribution in [0.25, 0.3) is 87.5 Å². The maximum Gasteiger partial charge on any atom is 0.188 e. The summed E-state index contributed by atoms with van der Waals surface area (Å²) < 4.78 is 8.93. The summed E-state index contributed by atoms with van der Waals surface area (Å²) in [5.74, 6) is 1.77. The lowest BCUT2D eigenvalue weighted by Gasteiger charge is -2.39. The van der Waals surface area contributed by atoms with Gasteiger partial charge in [-0.3, -0.25) is 0 Å². The van der Waals surface area contributed by atoms with Crippen molar-refractivity contribution in [2.75, 3.05) is 0 Å². The molecule has 0 bridgehead atoms. The van der Waals surface area contributed by atoms with E-state index in [0.717, 1.165) is 88.8 Å². The number of fused-ring (bicyclic) bond motifs is 16. The summed E-state index contributed by atoms with van der Waals surface area (Å²) in [6, 6.07) is 71.3. The molecule has 0 saturated carbocycles.